The third-order valence-electron chi connectivity index (χ3n) is 3.77. The van der Waals surface area contributed by atoms with Crippen LogP contribution in [0.4, 0.5) is 0 Å². The van der Waals surface area contributed by atoms with Gasteiger partial charge in [0.2, 0.25) is 0 Å². The van der Waals surface area contributed by atoms with Crippen LogP contribution < -0.4 is 5.46 Å². The topological polar surface area (TPSA) is 49.7 Å². The molecule has 1 aromatic carbocycles. The molecule has 1 aromatic rings. The maximum Gasteiger partial charge on any atom is 0.491 e. The van der Waals surface area contributed by atoms with Gasteiger partial charge in [0.1, 0.15) is 0 Å². The van der Waals surface area contributed by atoms with Gasteiger partial charge >= 0.3 is 7.12 Å². The van der Waals surface area contributed by atoms with Crippen LogP contribution in [0.15, 0.2) is 24.3 Å². The Labute approximate surface area is 133 Å². The van der Waals surface area contributed by atoms with Gasteiger partial charge in [-0.25, -0.2) is 0 Å². The summed E-state index contributed by atoms with van der Waals surface area (Å²) >= 11 is 1.82. The molecule has 0 fully saturated rings. The van der Waals surface area contributed by atoms with Crippen LogP contribution in [0.3, 0.4) is 0 Å². The lowest BCUT2D eigenvalue weighted by Gasteiger charge is -2.38. The van der Waals surface area contributed by atoms with Crippen molar-refractivity contribution in [2.75, 3.05) is 0 Å². The SMILES string of the molecule is CC(C)SCc1ccccc1B(O)OC(C)(C)C(C)(C)O. The van der Waals surface area contributed by atoms with Crippen molar-refractivity contribution in [3.8, 4) is 0 Å². The van der Waals surface area contributed by atoms with Gasteiger partial charge in [0.05, 0.1) is 11.2 Å². The largest absolute Gasteiger partial charge is 0.491 e. The predicted molar refractivity (Wildman–Crippen MR) is 91.9 cm³/mol. The molecule has 1 rings (SSSR count). The normalized spacial score (nSPS) is 12.8. The lowest BCUT2D eigenvalue weighted by molar-refractivity contribution is -0.0982. The first-order valence-electron chi connectivity index (χ1n) is 7.32. The molecule has 0 heterocycles. The summed E-state index contributed by atoms with van der Waals surface area (Å²) in [5.74, 6) is 0.831. The minimum absolute atomic E-state index is 0.531. The Morgan fingerprint density at radius 2 is 1.76 bits per heavy atom. The zero-order chi connectivity index (χ0) is 16.3. The monoisotopic (exact) mass is 310 g/mol. The summed E-state index contributed by atoms with van der Waals surface area (Å²) in [5, 5.41) is 21.1. The van der Waals surface area contributed by atoms with E-state index in [1.807, 2.05) is 36.0 Å². The van der Waals surface area contributed by atoms with Crippen molar-refractivity contribution in [3.05, 3.63) is 29.8 Å². The molecule has 0 bridgehead atoms. The first-order valence-corrected chi connectivity index (χ1v) is 8.37. The van der Waals surface area contributed by atoms with Crippen molar-refractivity contribution in [3.63, 3.8) is 0 Å². The highest BCUT2D eigenvalue weighted by atomic mass is 32.2. The van der Waals surface area contributed by atoms with Gasteiger partial charge in [0.15, 0.2) is 0 Å². The Hall–Kier alpha value is -0.485. The number of hydrogen-bond acceptors (Lipinski definition) is 4. The van der Waals surface area contributed by atoms with Gasteiger partial charge in [-0.05, 0) is 44.0 Å². The highest BCUT2D eigenvalue weighted by Crippen LogP contribution is 2.25. The fourth-order valence-electron chi connectivity index (χ4n) is 1.65. The molecule has 5 heteroatoms. The lowest BCUT2D eigenvalue weighted by Crippen LogP contribution is -2.53. The first-order chi connectivity index (χ1) is 9.54. The Balaban J connectivity index is 2.90. The van der Waals surface area contributed by atoms with Gasteiger partial charge in [-0.1, -0.05) is 38.1 Å². The average Bonchev–Trinajstić information content (AvgIpc) is 2.34. The van der Waals surface area contributed by atoms with Gasteiger partial charge in [-0.3, -0.25) is 0 Å². The second-order valence-corrected chi connectivity index (χ2v) is 8.16. The molecule has 0 aliphatic rings. The van der Waals surface area contributed by atoms with Gasteiger partial charge < -0.3 is 14.8 Å². The van der Waals surface area contributed by atoms with E-state index in [2.05, 4.69) is 13.8 Å². The molecule has 21 heavy (non-hydrogen) atoms. The molecule has 0 aliphatic heterocycles. The summed E-state index contributed by atoms with van der Waals surface area (Å²) in [6.45, 7) is 11.2. The van der Waals surface area contributed by atoms with Gasteiger partial charge in [-0.2, -0.15) is 11.8 Å². The molecule has 0 saturated carbocycles. The van der Waals surface area contributed by atoms with Crippen LogP contribution in [0.5, 0.6) is 0 Å². The molecule has 118 valence electrons. The van der Waals surface area contributed by atoms with Gasteiger partial charge in [-0.15, -0.1) is 0 Å². The summed E-state index contributed by atoms with van der Waals surface area (Å²) in [6.07, 6.45) is 0. The van der Waals surface area contributed by atoms with Crippen LogP contribution in [0, 0.1) is 0 Å². The number of aliphatic hydroxyl groups is 1. The van der Waals surface area contributed by atoms with Crippen molar-refractivity contribution in [1.82, 2.24) is 0 Å². The minimum Gasteiger partial charge on any atom is -0.423 e. The highest BCUT2D eigenvalue weighted by Gasteiger charge is 2.39. The van der Waals surface area contributed by atoms with Crippen molar-refractivity contribution in [2.45, 2.75) is 63.7 Å². The second-order valence-electron chi connectivity index (χ2n) is 6.60. The third-order valence-corrected chi connectivity index (χ3v) is 4.92. The number of benzene rings is 1. The average molecular weight is 310 g/mol. The van der Waals surface area contributed by atoms with Crippen LogP contribution in [-0.2, 0) is 10.4 Å². The Bertz CT molecular complexity index is 455. The molecule has 0 aliphatic carbocycles. The van der Waals surface area contributed by atoms with E-state index >= 15 is 0 Å². The molecule has 0 atom stereocenters. The van der Waals surface area contributed by atoms with Gasteiger partial charge in [0, 0.05) is 5.75 Å². The Morgan fingerprint density at radius 3 is 2.29 bits per heavy atom. The van der Waals surface area contributed by atoms with Crippen molar-refractivity contribution >= 4 is 24.3 Å². The second kappa shape index (κ2) is 7.18. The summed E-state index contributed by atoms with van der Waals surface area (Å²) < 4.78 is 5.73. The molecule has 0 unspecified atom stereocenters. The van der Waals surface area contributed by atoms with E-state index in [-0.39, 0.29) is 0 Å². The summed E-state index contributed by atoms with van der Waals surface area (Å²) in [7, 11) is -1.05. The molecule has 0 amide bonds. The quantitative estimate of drug-likeness (QED) is 0.760. The number of hydrogen-bond donors (Lipinski definition) is 2. The first kappa shape index (κ1) is 18.6. The van der Waals surface area contributed by atoms with Crippen LogP contribution in [0.2, 0.25) is 0 Å². The van der Waals surface area contributed by atoms with Crippen LogP contribution in [-0.4, -0.2) is 33.7 Å². The maximum absolute atomic E-state index is 10.4. The molecule has 0 radical (unpaired) electrons. The maximum atomic E-state index is 10.4. The van der Waals surface area contributed by atoms with Crippen molar-refractivity contribution in [1.29, 1.82) is 0 Å². The van der Waals surface area contributed by atoms with E-state index in [0.717, 1.165) is 16.8 Å². The van der Waals surface area contributed by atoms with Crippen LogP contribution in [0.25, 0.3) is 0 Å². The zero-order valence-electron chi connectivity index (χ0n) is 13.9. The fourth-order valence-corrected chi connectivity index (χ4v) is 2.43. The highest BCUT2D eigenvalue weighted by molar-refractivity contribution is 7.99. The van der Waals surface area contributed by atoms with Gasteiger partial charge in [0.25, 0.3) is 0 Å². The summed E-state index contributed by atoms with van der Waals surface area (Å²) in [5.41, 5.74) is -0.0708. The molecular formula is C16H27BO3S. The van der Waals surface area contributed by atoms with E-state index < -0.39 is 18.3 Å². The van der Waals surface area contributed by atoms with E-state index in [0.29, 0.717) is 5.25 Å². The third kappa shape index (κ3) is 5.33. The summed E-state index contributed by atoms with van der Waals surface area (Å²) in [4.78, 5) is 0. The molecule has 0 spiro atoms. The molecule has 2 N–H and O–H groups in total. The number of rotatable bonds is 7. The Kier molecular flexibility index (Phi) is 6.35. The molecule has 0 saturated heterocycles. The lowest BCUT2D eigenvalue weighted by atomic mass is 9.74. The minimum atomic E-state index is -1.05. The molecular weight excluding hydrogens is 283 g/mol. The summed E-state index contributed by atoms with van der Waals surface area (Å²) in [6, 6.07) is 7.74. The molecule has 0 aromatic heterocycles. The van der Waals surface area contributed by atoms with Crippen LogP contribution in [0.1, 0.15) is 47.1 Å². The smallest absolute Gasteiger partial charge is 0.423 e. The Morgan fingerprint density at radius 1 is 1.19 bits per heavy atom. The molecule has 3 nitrogen and oxygen atoms in total. The predicted octanol–water partition coefficient (Wildman–Crippen LogP) is 2.58. The van der Waals surface area contributed by atoms with Crippen molar-refractivity contribution in [2.24, 2.45) is 0 Å². The van der Waals surface area contributed by atoms with Crippen LogP contribution >= 0.6 is 11.8 Å². The van der Waals surface area contributed by atoms with E-state index in [4.69, 9.17) is 4.65 Å². The van der Waals surface area contributed by atoms with E-state index in [1.165, 1.54) is 0 Å². The fraction of sp³-hybridized carbons (Fsp3) is 0.625. The number of thioether (sulfide) groups is 1. The zero-order valence-corrected chi connectivity index (χ0v) is 14.7. The standard InChI is InChI=1S/C16H27BO3S/c1-12(2)21-11-13-9-7-8-10-14(13)17(19)20-16(5,6)15(3,4)18/h7-10,12,18-19H,11H2,1-6H3. The van der Waals surface area contributed by atoms with E-state index in [9.17, 15) is 10.1 Å². The van der Waals surface area contributed by atoms with Crippen molar-refractivity contribution < 1.29 is 14.8 Å². The van der Waals surface area contributed by atoms with E-state index in [1.54, 1.807) is 27.7 Å².